The molecule has 1 aromatic carbocycles. The number of hydrogen-bond acceptors (Lipinski definition) is 7. The second-order valence-electron chi connectivity index (χ2n) is 7.83. The van der Waals surface area contributed by atoms with Gasteiger partial charge in [0.15, 0.2) is 0 Å². The van der Waals surface area contributed by atoms with Crippen molar-refractivity contribution in [2.75, 3.05) is 31.8 Å². The predicted molar refractivity (Wildman–Crippen MR) is 115 cm³/mol. The number of methoxy groups -OCH3 is 1. The molecule has 0 bridgehead atoms. The minimum Gasteiger partial charge on any atom is -0.467 e. The number of rotatable bonds is 5. The number of halogens is 1. The van der Waals surface area contributed by atoms with E-state index in [2.05, 4.69) is 5.10 Å². The van der Waals surface area contributed by atoms with E-state index in [0.29, 0.717) is 37.7 Å². The summed E-state index contributed by atoms with van der Waals surface area (Å²) in [5.41, 5.74) is 0.386. The number of nitrogens with zero attached hydrogens (tertiary/aromatic N) is 3. The molecule has 0 saturated carbocycles. The van der Waals surface area contributed by atoms with E-state index in [0.717, 1.165) is 19.3 Å². The average molecular weight is 468 g/mol. The standard InChI is InChI=1S/C21H26ClN3O5S/c1-14-19(31(27,28)18-8-4-3-6-16(18)22)20(24-11-5-7-17(24)21(26)29-2)25(23-14)15-9-12-30-13-10-15/h3-4,6,8,15,17H,5,7,9-13H2,1-2H3. The summed E-state index contributed by atoms with van der Waals surface area (Å²) in [5.74, 6) is 0.0631. The number of aryl methyl sites for hydroxylation is 1. The molecule has 0 N–H and O–H groups in total. The van der Waals surface area contributed by atoms with Crippen LogP contribution in [0.1, 0.15) is 37.4 Å². The van der Waals surface area contributed by atoms with Crippen LogP contribution in [0, 0.1) is 6.92 Å². The van der Waals surface area contributed by atoms with Crippen molar-refractivity contribution in [1.29, 1.82) is 0 Å². The summed E-state index contributed by atoms with van der Waals surface area (Å²) in [7, 11) is -2.63. The molecule has 1 aromatic heterocycles. The SMILES string of the molecule is COC(=O)C1CCCN1c1c(S(=O)(=O)c2ccccc2Cl)c(C)nn1C1CCOCC1. The third kappa shape index (κ3) is 3.94. The summed E-state index contributed by atoms with van der Waals surface area (Å²) < 4.78 is 39.9. The minimum absolute atomic E-state index is 0.0171. The summed E-state index contributed by atoms with van der Waals surface area (Å²) in [6.07, 6.45) is 2.78. The lowest BCUT2D eigenvalue weighted by Crippen LogP contribution is -2.39. The molecular formula is C21H26ClN3O5S. The number of carbonyl (C=O) groups excluding carboxylic acids is 1. The van der Waals surface area contributed by atoms with Crippen LogP contribution in [0.5, 0.6) is 0 Å². The first-order valence-electron chi connectivity index (χ1n) is 10.4. The molecule has 2 aliphatic heterocycles. The maximum absolute atomic E-state index is 13.8. The Balaban J connectivity index is 1.92. The van der Waals surface area contributed by atoms with Gasteiger partial charge < -0.3 is 14.4 Å². The smallest absolute Gasteiger partial charge is 0.328 e. The lowest BCUT2D eigenvalue weighted by atomic mass is 10.1. The fourth-order valence-corrected chi connectivity index (χ4v) is 6.58. The number of benzene rings is 1. The molecule has 0 amide bonds. The molecule has 2 aromatic rings. The topological polar surface area (TPSA) is 90.7 Å². The third-order valence-electron chi connectivity index (χ3n) is 5.94. The van der Waals surface area contributed by atoms with E-state index in [1.165, 1.54) is 13.2 Å². The molecule has 1 atom stereocenters. The highest BCUT2D eigenvalue weighted by Gasteiger charge is 2.41. The summed E-state index contributed by atoms with van der Waals surface area (Å²) >= 11 is 6.27. The number of ether oxygens (including phenoxy) is 2. The number of anilines is 1. The predicted octanol–water partition coefficient (Wildman–Crippen LogP) is 3.17. The highest BCUT2D eigenvalue weighted by Crippen LogP contribution is 2.41. The van der Waals surface area contributed by atoms with Crippen molar-refractivity contribution in [2.24, 2.45) is 0 Å². The molecule has 1 unspecified atom stereocenters. The fourth-order valence-electron chi connectivity index (χ4n) is 4.46. The molecule has 2 aliphatic rings. The molecule has 0 spiro atoms. The van der Waals surface area contributed by atoms with Crippen LogP contribution in [0.2, 0.25) is 5.02 Å². The summed E-state index contributed by atoms with van der Waals surface area (Å²) in [6.45, 7) is 3.39. The molecule has 0 radical (unpaired) electrons. The van der Waals surface area contributed by atoms with Gasteiger partial charge in [0.1, 0.15) is 16.8 Å². The number of sulfone groups is 1. The van der Waals surface area contributed by atoms with E-state index < -0.39 is 15.9 Å². The van der Waals surface area contributed by atoms with Crippen LogP contribution >= 0.6 is 11.6 Å². The zero-order valence-corrected chi connectivity index (χ0v) is 19.2. The number of aromatic nitrogens is 2. The van der Waals surface area contributed by atoms with Gasteiger partial charge in [-0.2, -0.15) is 5.10 Å². The molecule has 10 heteroatoms. The first kappa shape index (κ1) is 22.1. The van der Waals surface area contributed by atoms with E-state index in [4.69, 9.17) is 21.1 Å². The first-order valence-corrected chi connectivity index (χ1v) is 12.2. The molecule has 168 valence electrons. The Morgan fingerprint density at radius 2 is 1.94 bits per heavy atom. The molecule has 2 fully saturated rings. The number of carbonyl (C=O) groups is 1. The molecule has 2 saturated heterocycles. The van der Waals surface area contributed by atoms with Gasteiger partial charge in [0, 0.05) is 19.8 Å². The van der Waals surface area contributed by atoms with Gasteiger partial charge >= 0.3 is 5.97 Å². The van der Waals surface area contributed by atoms with Gasteiger partial charge in [-0.3, -0.25) is 0 Å². The molecule has 3 heterocycles. The maximum atomic E-state index is 13.8. The lowest BCUT2D eigenvalue weighted by Gasteiger charge is -2.30. The van der Waals surface area contributed by atoms with Gasteiger partial charge in [-0.1, -0.05) is 23.7 Å². The highest BCUT2D eigenvalue weighted by molar-refractivity contribution is 7.91. The zero-order valence-electron chi connectivity index (χ0n) is 17.6. The van der Waals surface area contributed by atoms with Gasteiger partial charge in [0.25, 0.3) is 0 Å². The fraction of sp³-hybridized carbons (Fsp3) is 0.524. The van der Waals surface area contributed by atoms with Gasteiger partial charge in [0.2, 0.25) is 9.84 Å². The van der Waals surface area contributed by atoms with Crippen LogP contribution in [0.15, 0.2) is 34.1 Å². The molecule has 31 heavy (non-hydrogen) atoms. The Morgan fingerprint density at radius 1 is 1.23 bits per heavy atom. The normalized spacial score (nSPS) is 20.2. The molecule has 4 rings (SSSR count). The lowest BCUT2D eigenvalue weighted by molar-refractivity contribution is -0.141. The van der Waals surface area contributed by atoms with Crippen LogP contribution < -0.4 is 4.90 Å². The van der Waals surface area contributed by atoms with Crippen molar-refractivity contribution < 1.29 is 22.7 Å². The van der Waals surface area contributed by atoms with Gasteiger partial charge in [-0.05, 0) is 44.7 Å². The van der Waals surface area contributed by atoms with Crippen LogP contribution in [-0.4, -0.2) is 57.1 Å². The van der Waals surface area contributed by atoms with E-state index in [1.54, 1.807) is 29.8 Å². The number of esters is 1. The summed E-state index contributed by atoms with van der Waals surface area (Å²) in [5, 5.41) is 4.82. The van der Waals surface area contributed by atoms with Crippen molar-refractivity contribution in [2.45, 2.75) is 54.5 Å². The van der Waals surface area contributed by atoms with Crippen molar-refractivity contribution in [3.63, 3.8) is 0 Å². The Bertz CT molecular complexity index is 1080. The third-order valence-corrected chi connectivity index (χ3v) is 8.33. The second kappa shape index (κ2) is 8.80. The van der Waals surface area contributed by atoms with Crippen molar-refractivity contribution >= 4 is 33.2 Å². The van der Waals surface area contributed by atoms with Crippen LogP contribution in [0.25, 0.3) is 0 Å². The second-order valence-corrected chi connectivity index (χ2v) is 10.1. The average Bonchev–Trinajstić information content (AvgIpc) is 3.38. The van der Waals surface area contributed by atoms with Crippen molar-refractivity contribution in [3.05, 3.63) is 35.0 Å². The monoisotopic (exact) mass is 467 g/mol. The zero-order chi connectivity index (χ0) is 22.2. The maximum Gasteiger partial charge on any atom is 0.328 e. The first-order chi connectivity index (χ1) is 14.9. The Kier molecular flexibility index (Phi) is 6.27. The largest absolute Gasteiger partial charge is 0.467 e. The van der Waals surface area contributed by atoms with Crippen LogP contribution in [0.4, 0.5) is 5.82 Å². The quantitative estimate of drug-likeness (QED) is 0.623. The Hall–Kier alpha value is -2.10. The summed E-state index contributed by atoms with van der Waals surface area (Å²) in [6, 6.07) is 5.81. The van der Waals surface area contributed by atoms with Gasteiger partial charge in [-0.15, -0.1) is 0 Å². The van der Waals surface area contributed by atoms with Gasteiger partial charge in [0.05, 0.1) is 28.8 Å². The van der Waals surface area contributed by atoms with Crippen LogP contribution in [0.3, 0.4) is 0 Å². The number of hydrogen-bond donors (Lipinski definition) is 0. The van der Waals surface area contributed by atoms with E-state index in [-0.39, 0.29) is 26.8 Å². The van der Waals surface area contributed by atoms with E-state index >= 15 is 0 Å². The summed E-state index contributed by atoms with van der Waals surface area (Å²) in [4.78, 5) is 14.5. The van der Waals surface area contributed by atoms with E-state index in [1.807, 2.05) is 4.90 Å². The van der Waals surface area contributed by atoms with Crippen molar-refractivity contribution in [1.82, 2.24) is 9.78 Å². The Morgan fingerprint density at radius 3 is 2.61 bits per heavy atom. The minimum atomic E-state index is -3.98. The molecular weight excluding hydrogens is 442 g/mol. The molecule has 8 nitrogen and oxygen atoms in total. The van der Waals surface area contributed by atoms with Crippen molar-refractivity contribution in [3.8, 4) is 0 Å². The van der Waals surface area contributed by atoms with E-state index in [9.17, 15) is 13.2 Å². The highest BCUT2D eigenvalue weighted by atomic mass is 35.5. The van der Waals surface area contributed by atoms with Gasteiger partial charge in [-0.25, -0.2) is 17.9 Å². The Labute approximate surface area is 187 Å². The molecule has 0 aliphatic carbocycles. The van der Waals surface area contributed by atoms with Crippen LogP contribution in [-0.2, 0) is 24.1 Å².